The molecule has 0 aliphatic heterocycles. The lowest BCUT2D eigenvalue weighted by molar-refractivity contribution is -0.126. The van der Waals surface area contributed by atoms with E-state index in [-0.39, 0.29) is 5.91 Å². The molecule has 7 heteroatoms. The highest BCUT2D eigenvalue weighted by molar-refractivity contribution is 5.93. The van der Waals surface area contributed by atoms with Crippen molar-refractivity contribution >= 4 is 12.0 Å². The molecule has 0 aliphatic rings. The van der Waals surface area contributed by atoms with Crippen LogP contribution in [0.25, 0.3) is 17.3 Å². The fourth-order valence-corrected chi connectivity index (χ4v) is 3.60. The highest BCUT2D eigenvalue weighted by atomic mass is 19.2. The summed E-state index contributed by atoms with van der Waals surface area (Å²) in [5.41, 5.74) is 3.93. The number of carbonyl (C=O) groups excluding carboxylic acids is 1. The number of rotatable bonds is 7. The molecule has 1 amide bonds. The van der Waals surface area contributed by atoms with E-state index >= 15 is 0 Å². The van der Waals surface area contributed by atoms with Gasteiger partial charge in [0.25, 0.3) is 0 Å². The largest absolute Gasteiger partial charge is 0.335 e. The lowest BCUT2D eigenvalue weighted by Gasteiger charge is -2.24. The smallest absolute Gasteiger partial charge is 0.246 e. The van der Waals surface area contributed by atoms with Crippen LogP contribution in [0, 0.1) is 11.6 Å². The minimum absolute atomic E-state index is 0.273. The minimum Gasteiger partial charge on any atom is -0.335 e. The van der Waals surface area contributed by atoms with Crippen LogP contribution in [0.2, 0.25) is 0 Å². The zero-order chi connectivity index (χ0) is 24.1. The molecule has 0 radical (unpaired) electrons. The molecule has 4 rings (SSSR count). The summed E-state index contributed by atoms with van der Waals surface area (Å²) in [4.78, 5) is 18.5. The molecule has 2 aromatic heterocycles. The fraction of sp³-hybridized carbons (Fsp3) is 0.148. The Kier molecular flexibility index (Phi) is 6.92. The molecule has 0 bridgehead atoms. The van der Waals surface area contributed by atoms with E-state index in [4.69, 9.17) is 5.10 Å². The molecule has 34 heavy (non-hydrogen) atoms. The van der Waals surface area contributed by atoms with Gasteiger partial charge in [0.2, 0.25) is 5.91 Å². The van der Waals surface area contributed by atoms with Gasteiger partial charge in [-0.15, -0.1) is 0 Å². The Labute approximate surface area is 197 Å². The van der Waals surface area contributed by atoms with E-state index in [0.717, 1.165) is 28.8 Å². The van der Waals surface area contributed by atoms with E-state index in [2.05, 4.69) is 4.98 Å². The van der Waals surface area contributed by atoms with E-state index < -0.39 is 17.7 Å². The van der Waals surface area contributed by atoms with E-state index in [1.807, 2.05) is 53.3 Å². The van der Waals surface area contributed by atoms with Gasteiger partial charge in [0.15, 0.2) is 11.6 Å². The summed E-state index contributed by atoms with van der Waals surface area (Å²) in [7, 11) is 1.62. The molecule has 1 unspecified atom stereocenters. The topological polar surface area (TPSA) is 51.0 Å². The second-order valence-electron chi connectivity index (χ2n) is 7.99. The Morgan fingerprint density at radius 2 is 1.88 bits per heavy atom. The molecule has 0 saturated heterocycles. The van der Waals surface area contributed by atoms with Crippen molar-refractivity contribution in [3.8, 4) is 11.3 Å². The third-order valence-corrected chi connectivity index (χ3v) is 5.67. The number of pyridine rings is 1. The first-order valence-electron chi connectivity index (χ1n) is 10.8. The number of hydrogen-bond acceptors (Lipinski definition) is 3. The van der Waals surface area contributed by atoms with Crippen molar-refractivity contribution in [2.45, 2.75) is 19.5 Å². The zero-order valence-corrected chi connectivity index (χ0v) is 18.9. The van der Waals surface area contributed by atoms with E-state index in [1.165, 1.54) is 17.0 Å². The molecule has 1 atom stereocenters. The number of likely N-dealkylation sites (N-methyl/N-ethyl adjacent to an activating group) is 1. The van der Waals surface area contributed by atoms with E-state index in [9.17, 15) is 13.6 Å². The number of aromatic nitrogens is 3. The quantitative estimate of drug-likeness (QED) is 0.344. The van der Waals surface area contributed by atoms with Gasteiger partial charge in [-0.25, -0.2) is 8.78 Å². The minimum atomic E-state index is -0.937. The number of benzene rings is 2. The number of carbonyl (C=O) groups is 1. The van der Waals surface area contributed by atoms with Gasteiger partial charge in [-0.05, 0) is 48.4 Å². The van der Waals surface area contributed by atoms with Gasteiger partial charge in [-0.3, -0.25) is 14.5 Å². The number of halogens is 2. The molecule has 5 nitrogen and oxygen atoms in total. The SMILES string of the molecule is CC(c1ccc(F)c(F)c1)N(C)C(=O)/C=C/c1cn(Cc2ccccc2)nc1-c1cccnc1. The molecule has 172 valence electrons. The summed E-state index contributed by atoms with van der Waals surface area (Å²) >= 11 is 0. The van der Waals surface area contributed by atoms with Gasteiger partial charge >= 0.3 is 0 Å². The van der Waals surface area contributed by atoms with Crippen LogP contribution in [0.15, 0.2) is 85.3 Å². The van der Waals surface area contributed by atoms with Crippen LogP contribution in [-0.4, -0.2) is 32.6 Å². The van der Waals surface area contributed by atoms with Crippen molar-refractivity contribution in [1.29, 1.82) is 0 Å². The molecular formula is C27H24F2N4O. The summed E-state index contributed by atoms with van der Waals surface area (Å²) in [5, 5.41) is 4.72. The maximum absolute atomic E-state index is 13.6. The van der Waals surface area contributed by atoms with Gasteiger partial charge < -0.3 is 4.90 Å². The first kappa shape index (κ1) is 23.0. The van der Waals surface area contributed by atoms with Crippen LogP contribution in [0.3, 0.4) is 0 Å². The van der Waals surface area contributed by atoms with Crippen LogP contribution in [0.1, 0.15) is 29.7 Å². The second kappa shape index (κ2) is 10.2. The number of nitrogens with zero attached hydrogens (tertiary/aromatic N) is 4. The Balaban J connectivity index is 1.58. The van der Waals surface area contributed by atoms with Gasteiger partial charge in [0, 0.05) is 42.8 Å². The highest BCUT2D eigenvalue weighted by Gasteiger charge is 2.18. The summed E-state index contributed by atoms with van der Waals surface area (Å²) in [6.07, 6.45) is 8.48. The first-order chi connectivity index (χ1) is 16.4. The zero-order valence-electron chi connectivity index (χ0n) is 18.9. The lowest BCUT2D eigenvalue weighted by atomic mass is 10.1. The third-order valence-electron chi connectivity index (χ3n) is 5.67. The summed E-state index contributed by atoms with van der Waals surface area (Å²) in [5.74, 6) is -2.13. The first-order valence-corrected chi connectivity index (χ1v) is 10.8. The maximum Gasteiger partial charge on any atom is 0.246 e. The molecule has 0 fully saturated rings. The van der Waals surface area contributed by atoms with Gasteiger partial charge in [-0.1, -0.05) is 36.4 Å². The molecule has 0 saturated carbocycles. The molecule has 0 aliphatic carbocycles. The predicted molar refractivity (Wildman–Crippen MR) is 128 cm³/mol. The maximum atomic E-state index is 13.6. The van der Waals surface area contributed by atoms with Crippen molar-refractivity contribution in [2.75, 3.05) is 7.05 Å². The number of amides is 1. The molecule has 2 aromatic carbocycles. The predicted octanol–water partition coefficient (Wildman–Crippen LogP) is 5.50. The Hall–Kier alpha value is -4.13. The monoisotopic (exact) mass is 458 g/mol. The summed E-state index contributed by atoms with van der Waals surface area (Å²) < 4.78 is 28.7. The average molecular weight is 459 g/mol. The van der Waals surface area contributed by atoms with Crippen LogP contribution in [-0.2, 0) is 11.3 Å². The van der Waals surface area contributed by atoms with Crippen molar-refractivity contribution in [3.63, 3.8) is 0 Å². The Morgan fingerprint density at radius 3 is 2.59 bits per heavy atom. The molecule has 0 spiro atoms. The highest BCUT2D eigenvalue weighted by Crippen LogP contribution is 2.24. The lowest BCUT2D eigenvalue weighted by Crippen LogP contribution is -2.28. The van der Waals surface area contributed by atoms with Crippen LogP contribution < -0.4 is 0 Å². The summed E-state index contributed by atoms with van der Waals surface area (Å²) in [6.45, 7) is 2.35. The Bertz CT molecular complexity index is 1300. The molecular weight excluding hydrogens is 434 g/mol. The van der Waals surface area contributed by atoms with E-state index in [1.54, 1.807) is 32.4 Å². The van der Waals surface area contributed by atoms with Gasteiger partial charge in [0.1, 0.15) is 5.69 Å². The molecule has 4 aromatic rings. The standard InChI is InChI=1S/C27H24F2N4O/c1-19(21-10-12-24(28)25(29)15-21)32(2)26(34)13-11-23-18-33(17-20-7-4-3-5-8-20)31-27(23)22-9-6-14-30-16-22/h3-16,18-19H,17H2,1-2H3/b13-11+. The van der Waals surface area contributed by atoms with Crippen LogP contribution >= 0.6 is 0 Å². The van der Waals surface area contributed by atoms with Crippen LogP contribution in [0.4, 0.5) is 8.78 Å². The van der Waals surface area contributed by atoms with Crippen molar-refractivity contribution in [3.05, 3.63) is 114 Å². The molecule has 2 heterocycles. The average Bonchev–Trinajstić information content (AvgIpc) is 3.27. The van der Waals surface area contributed by atoms with Crippen molar-refractivity contribution in [1.82, 2.24) is 19.7 Å². The Morgan fingerprint density at radius 1 is 1.09 bits per heavy atom. The third kappa shape index (κ3) is 5.26. The summed E-state index contributed by atoms with van der Waals surface area (Å²) in [6, 6.07) is 16.9. The van der Waals surface area contributed by atoms with Gasteiger partial charge in [0.05, 0.1) is 12.6 Å². The normalized spacial score (nSPS) is 12.1. The van der Waals surface area contributed by atoms with Crippen molar-refractivity contribution < 1.29 is 13.6 Å². The number of hydrogen-bond donors (Lipinski definition) is 0. The second-order valence-corrected chi connectivity index (χ2v) is 7.99. The van der Waals surface area contributed by atoms with Crippen LogP contribution in [0.5, 0.6) is 0 Å². The fourth-order valence-electron chi connectivity index (χ4n) is 3.60. The molecule has 0 N–H and O–H groups in total. The van der Waals surface area contributed by atoms with Crippen molar-refractivity contribution in [2.24, 2.45) is 0 Å². The van der Waals surface area contributed by atoms with Gasteiger partial charge in [-0.2, -0.15) is 5.10 Å². The van der Waals surface area contributed by atoms with E-state index in [0.29, 0.717) is 17.8 Å².